The fourth-order valence-electron chi connectivity index (χ4n) is 2.87. The molecule has 1 aromatic carbocycles. The monoisotopic (exact) mass is 351 g/mol. The maximum atomic E-state index is 12.7. The second-order valence-corrected chi connectivity index (χ2v) is 8.94. The minimum Gasteiger partial charge on any atom is -0.345 e. The van der Waals surface area contributed by atoms with Crippen molar-refractivity contribution in [3.05, 3.63) is 29.3 Å². The molecule has 0 spiro atoms. The molecule has 132 valence electrons. The summed E-state index contributed by atoms with van der Waals surface area (Å²) in [6.07, 6.45) is 3.86. The molecular weight excluding hydrogens is 326 g/mol. The Morgan fingerprint density at radius 1 is 1.29 bits per heavy atom. The number of aryl methyl sites for hydroxylation is 1. The normalized spacial score (nSPS) is 20.5. The highest BCUT2D eigenvalue weighted by molar-refractivity contribution is 7.89. The van der Waals surface area contributed by atoms with E-state index in [-0.39, 0.29) is 16.8 Å². The molecule has 0 aromatic heterocycles. The number of nitrogens with one attached hydrogen (secondary N) is 2. The van der Waals surface area contributed by atoms with Gasteiger partial charge in [0.2, 0.25) is 10.0 Å². The summed E-state index contributed by atoms with van der Waals surface area (Å²) in [6.45, 7) is 4.12. The third-order valence-electron chi connectivity index (χ3n) is 4.96. The van der Waals surface area contributed by atoms with Crippen molar-refractivity contribution in [1.29, 1.82) is 0 Å². The molecule has 0 radical (unpaired) electrons. The van der Waals surface area contributed by atoms with Crippen LogP contribution in [0.15, 0.2) is 23.1 Å². The van der Waals surface area contributed by atoms with Crippen molar-refractivity contribution in [1.82, 2.24) is 10.0 Å². The summed E-state index contributed by atoms with van der Waals surface area (Å²) < 4.78 is 27.4. The number of carbonyl (C=O) groups excluding carboxylic acids is 1. The van der Waals surface area contributed by atoms with Crippen molar-refractivity contribution >= 4 is 15.9 Å². The molecule has 1 aromatic rings. The summed E-state index contributed by atoms with van der Waals surface area (Å²) in [5.41, 5.74) is 6.54. The topological polar surface area (TPSA) is 101 Å². The molecule has 6 nitrogen and oxygen atoms in total. The smallest absolute Gasteiger partial charge is 0.252 e. The molecule has 24 heavy (non-hydrogen) atoms. The van der Waals surface area contributed by atoms with Crippen LogP contribution in [0.1, 0.15) is 48.5 Å². The molecule has 3 rings (SSSR count). The predicted molar refractivity (Wildman–Crippen MR) is 92.2 cm³/mol. The SMILES string of the molecule is Cc1ccc(S(=O)(=O)NC2CC2)cc1C(=O)NC(C)(CN)C1CC1. The Morgan fingerprint density at radius 3 is 2.50 bits per heavy atom. The zero-order valence-electron chi connectivity index (χ0n) is 14.1. The van der Waals surface area contributed by atoms with Crippen molar-refractivity contribution in [2.75, 3.05) is 6.54 Å². The molecule has 4 N–H and O–H groups in total. The third-order valence-corrected chi connectivity index (χ3v) is 6.48. The summed E-state index contributed by atoms with van der Waals surface area (Å²) >= 11 is 0. The zero-order chi connectivity index (χ0) is 17.5. The number of benzene rings is 1. The summed E-state index contributed by atoms with van der Waals surface area (Å²) in [6, 6.07) is 4.70. The highest BCUT2D eigenvalue weighted by atomic mass is 32.2. The number of amides is 1. The first kappa shape index (κ1) is 17.4. The molecule has 0 heterocycles. The Labute approximate surface area is 143 Å². The molecular formula is C17H25N3O3S. The van der Waals surface area contributed by atoms with Crippen molar-refractivity contribution in [3.8, 4) is 0 Å². The van der Waals surface area contributed by atoms with Gasteiger partial charge in [-0.25, -0.2) is 13.1 Å². The van der Waals surface area contributed by atoms with E-state index in [2.05, 4.69) is 10.0 Å². The number of sulfonamides is 1. The Morgan fingerprint density at radius 2 is 1.96 bits per heavy atom. The lowest BCUT2D eigenvalue weighted by molar-refractivity contribution is 0.0897. The summed E-state index contributed by atoms with van der Waals surface area (Å²) in [5, 5.41) is 3.01. The fraction of sp³-hybridized carbons (Fsp3) is 0.588. The van der Waals surface area contributed by atoms with Gasteiger partial charge in [0.15, 0.2) is 0 Å². The lowest BCUT2D eigenvalue weighted by Gasteiger charge is -2.29. The largest absolute Gasteiger partial charge is 0.345 e. The van der Waals surface area contributed by atoms with E-state index in [4.69, 9.17) is 5.73 Å². The van der Waals surface area contributed by atoms with Gasteiger partial charge in [-0.3, -0.25) is 4.79 Å². The van der Waals surface area contributed by atoms with Crippen LogP contribution in [0.3, 0.4) is 0 Å². The molecule has 1 unspecified atom stereocenters. The van der Waals surface area contributed by atoms with Crippen molar-refractivity contribution in [2.24, 2.45) is 11.7 Å². The van der Waals surface area contributed by atoms with E-state index in [1.54, 1.807) is 19.1 Å². The number of hydrogen-bond acceptors (Lipinski definition) is 4. The van der Waals surface area contributed by atoms with Gasteiger partial charge in [-0.15, -0.1) is 0 Å². The number of nitrogens with two attached hydrogens (primary N) is 1. The van der Waals surface area contributed by atoms with Crippen molar-refractivity contribution < 1.29 is 13.2 Å². The van der Waals surface area contributed by atoms with Crippen LogP contribution in [0, 0.1) is 12.8 Å². The molecule has 2 aliphatic rings. The quantitative estimate of drug-likeness (QED) is 0.689. The minimum atomic E-state index is -3.58. The molecule has 1 atom stereocenters. The number of carbonyl (C=O) groups is 1. The Bertz CT molecular complexity index is 754. The molecule has 2 saturated carbocycles. The van der Waals surface area contributed by atoms with Crippen molar-refractivity contribution in [3.63, 3.8) is 0 Å². The zero-order valence-corrected chi connectivity index (χ0v) is 14.9. The second kappa shape index (κ2) is 6.13. The van der Waals surface area contributed by atoms with Gasteiger partial charge < -0.3 is 11.1 Å². The molecule has 0 bridgehead atoms. The van der Waals surface area contributed by atoms with Gasteiger partial charge in [0, 0.05) is 18.2 Å². The van der Waals surface area contributed by atoms with E-state index in [0.717, 1.165) is 31.2 Å². The van der Waals surface area contributed by atoms with E-state index in [9.17, 15) is 13.2 Å². The minimum absolute atomic E-state index is 0.0315. The van der Waals surface area contributed by atoms with Gasteiger partial charge in [-0.1, -0.05) is 6.07 Å². The van der Waals surface area contributed by atoms with Crippen molar-refractivity contribution in [2.45, 2.75) is 56.0 Å². The Balaban J connectivity index is 1.84. The number of rotatable bonds is 7. The molecule has 1 amide bonds. The summed E-state index contributed by atoms with van der Waals surface area (Å²) in [4.78, 5) is 12.8. The van der Waals surface area contributed by atoms with Crippen LogP contribution in [-0.2, 0) is 10.0 Å². The van der Waals surface area contributed by atoms with Crippen LogP contribution in [-0.4, -0.2) is 32.5 Å². The molecule has 2 aliphatic carbocycles. The van der Waals surface area contributed by atoms with Crippen LogP contribution in [0.5, 0.6) is 0 Å². The van der Waals surface area contributed by atoms with Crippen LogP contribution >= 0.6 is 0 Å². The van der Waals surface area contributed by atoms with Crippen LogP contribution < -0.4 is 15.8 Å². The van der Waals surface area contributed by atoms with Crippen LogP contribution in [0.4, 0.5) is 0 Å². The van der Waals surface area contributed by atoms with Gasteiger partial charge in [-0.2, -0.15) is 0 Å². The van der Waals surface area contributed by atoms with Crippen LogP contribution in [0.2, 0.25) is 0 Å². The predicted octanol–water partition coefficient (Wildman–Crippen LogP) is 1.29. The maximum absolute atomic E-state index is 12.7. The Kier molecular flexibility index (Phi) is 4.44. The van der Waals surface area contributed by atoms with E-state index < -0.39 is 15.6 Å². The molecule has 7 heteroatoms. The third kappa shape index (κ3) is 3.63. The van der Waals surface area contributed by atoms with Gasteiger partial charge in [0.1, 0.15) is 0 Å². The fourth-order valence-corrected chi connectivity index (χ4v) is 4.20. The van der Waals surface area contributed by atoms with E-state index in [1.807, 2.05) is 6.92 Å². The summed E-state index contributed by atoms with van der Waals surface area (Å²) in [7, 11) is -3.58. The van der Waals surface area contributed by atoms with E-state index >= 15 is 0 Å². The standard InChI is InChI=1S/C17H25N3O3S/c1-11-3-8-14(24(22,23)20-13-6-7-13)9-15(11)16(21)19-17(2,10-18)12-4-5-12/h3,8-9,12-13,20H,4-7,10,18H2,1-2H3,(H,19,21). The highest BCUT2D eigenvalue weighted by Gasteiger charge is 2.41. The van der Waals surface area contributed by atoms with E-state index in [0.29, 0.717) is 18.0 Å². The molecule has 0 aliphatic heterocycles. The molecule has 2 fully saturated rings. The first-order valence-corrected chi connectivity index (χ1v) is 9.89. The van der Waals surface area contributed by atoms with Gasteiger partial charge >= 0.3 is 0 Å². The van der Waals surface area contributed by atoms with Gasteiger partial charge in [0.25, 0.3) is 5.91 Å². The average molecular weight is 351 g/mol. The average Bonchev–Trinajstić information content (AvgIpc) is 3.40. The number of hydrogen-bond donors (Lipinski definition) is 3. The second-order valence-electron chi connectivity index (χ2n) is 7.22. The lowest BCUT2D eigenvalue weighted by Crippen LogP contribution is -2.53. The Hall–Kier alpha value is -1.44. The van der Waals surface area contributed by atoms with Crippen LogP contribution in [0.25, 0.3) is 0 Å². The molecule has 0 saturated heterocycles. The van der Waals surface area contributed by atoms with Gasteiger partial charge in [-0.05, 0) is 63.1 Å². The first-order valence-electron chi connectivity index (χ1n) is 8.41. The van der Waals surface area contributed by atoms with Gasteiger partial charge in [0.05, 0.1) is 10.4 Å². The van der Waals surface area contributed by atoms with E-state index in [1.165, 1.54) is 6.07 Å². The lowest BCUT2D eigenvalue weighted by atomic mass is 9.95. The summed E-state index contributed by atoms with van der Waals surface area (Å²) in [5.74, 6) is 0.131. The first-order chi connectivity index (χ1) is 11.2. The maximum Gasteiger partial charge on any atom is 0.252 e. The highest BCUT2D eigenvalue weighted by Crippen LogP contribution is 2.39.